The van der Waals surface area contributed by atoms with Gasteiger partial charge in [0.15, 0.2) is 5.97 Å². The maximum absolute atomic E-state index is 12.2. The van der Waals surface area contributed by atoms with Crippen LogP contribution in [-0.4, -0.2) is 11.6 Å². The SMILES string of the molecule is CC[C-](C)C(=O)OC(CC)(C(C)(C)C)C(C)(C)C.[Y+3]. The van der Waals surface area contributed by atoms with Crippen molar-refractivity contribution in [2.45, 2.75) is 80.8 Å². The van der Waals surface area contributed by atoms with Gasteiger partial charge in [0.1, 0.15) is 5.60 Å². The van der Waals surface area contributed by atoms with E-state index in [9.17, 15) is 4.79 Å². The van der Waals surface area contributed by atoms with Crippen LogP contribution in [0.3, 0.4) is 0 Å². The number of esters is 1. The summed E-state index contributed by atoms with van der Waals surface area (Å²) < 4.78 is 5.99. The van der Waals surface area contributed by atoms with Crippen molar-refractivity contribution in [3.05, 3.63) is 5.92 Å². The van der Waals surface area contributed by atoms with E-state index in [-0.39, 0.29) is 49.5 Å². The monoisotopic (exact) mass is 344 g/mol. The minimum atomic E-state index is -0.451. The van der Waals surface area contributed by atoms with E-state index in [4.69, 9.17) is 4.74 Å². The van der Waals surface area contributed by atoms with Crippen LogP contribution in [0.15, 0.2) is 0 Å². The van der Waals surface area contributed by atoms with Gasteiger partial charge in [0, 0.05) is 10.8 Å². The quantitative estimate of drug-likeness (QED) is 0.542. The van der Waals surface area contributed by atoms with Gasteiger partial charge in [-0.2, -0.15) is 13.3 Å². The maximum Gasteiger partial charge on any atom is 3.00 e. The van der Waals surface area contributed by atoms with E-state index >= 15 is 0 Å². The number of hydrogen-bond donors (Lipinski definition) is 0. The Morgan fingerprint density at radius 2 is 1.37 bits per heavy atom. The van der Waals surface area contributed by atoms with E-state index < -0.39 is 5.60 Å². The molecule has 0 amide bonds. The summed E-state index contributed by atoms with van der Waals surface area (Å²) in [6.45, 7) is 18.8. The summed E-state index contributed by atoms with van der Waals surface area (Å²) in [6.07, 6.45) is 1.57. The summed E-state index contributed by atoms with van der Waals surface area (Å²) in [5.41, 5.74) is -0.638. The molecule has 0 aromatic heterocycles. The Bertz CT molecular complexity index is 270. The van der Waals surface area contributed by atoms with Gasteiger partial charge in [0.2, 0.25) is 0 Å². The van der Waals surface area contributed by atoms with Crippen LogP contribution in [0.2, 0.25) is 0 Å². The Labute approximate surface area is 145 Å². The fourth-order valence-corrected chi connectivity index (χ4v) is 2.95. The van der Waals surface area contributed by atoms with Crippen molar-refractivity contribution < 1.29 is 42.2 Å². The fraction of sp³-hybridized carbons (Fsp3) is 0.875. The average Bonchev–Trinajstić information content (AvgIpc) is 2.20. The summed E-state index contributed by atoms with van der Waals surface area (Å²) in [7, 11) is 0. The Kier molecular flexibility index (Phi) is 8.53. The number of ether oxygens (including phenoxy) is 1. The molecule has 0 aliphatic carbocycles. The average molecular weight is 344 g/mol. The van der Waals surface area contributed by atoms with Crippen molar-refractivity contribution >= 4 is 5.97 Å². The molecule has 0 aliphatic rings. The number of carbonyl (C=O) groups excluding carboxylic acids is 1. The predicted octanol–water partition coefficient (Wildman–Crippen LogP) is 4.77. The minimum Gasteiger partial charge on any atom is -0.480 e. The smallest absolute Gasteiger partial charge is 0.480 e. The first-order valence-corrected chi connectivity index (χ1v) is 6.98. The van der Waals surface area contributed by atoms with Crippen molar-refractivity contribution in [1.82, 2.24) is 0 Å². The second-order valence-electron chi connectivity index (χ2n) is 7.20. The summed E-state index contributed by atoms with van der Waals surface area (Å²) in [5, 5.41) is 0. The second kappa shape index (κ2) is 7.45. The number of hydrogen-bond acceptors (Lipinski definition) is 2. The van der Waals surface area contributed by atoms with Crippen LogP contribution >= 0.6 is 0 Å². The van der Waals surface area contributed by atoms with Crippen LogP contribution in [0.25, 0.3) is 0 Å². The predicted molar refractivity (Wildman–Crippen MR) is 77.2 cm³/mol. The summed E-state index contributed by atoms with van der Waals surface area (Å²) >= 11 is 0. The molecule has 0 aliphatic heterocycles. The molecule has 19 heavy (non-hydrogen) atoms. The Balaban J connectivity index is 0. The first-order chi connectivity index (χ1) is 7.93. The normalized spacial score (nSPS) is 12.7. The van der Waals surface area contributed by atoms with E-state index in [0.29, 0.717) is 0 Å². The molecule has 0 fully saturated rings. The van der Waals surface area contributed by atoms with E-state index in [1.165, 1.54) is 0 Å². The van der Waals surface area contributed by atoms with Gasteiger partial charge in [0.05, 0.1) is 0 Å². The molecule has 0 bridgehead atoms. The molecule has 0 atom stereocenters. The Morgan fingerprint density at radius 1 is 1.00 bits per heavy atom. The van der Waals surface area contributed by atoms with Crippen LogP contribution < -0.4 is 0 Å². The van der Waals surface area contributed by atoms with Crippen molar-refractivity contribution in [2.24, 2.45) is 10.8 Å². The fourth-order valence-electron chi connectivity index (χ4n) is 2.95. The van der Waals surface area contributed by atoms with Crippen LogP contribution in [0.4, 0.5) is 0 Å². The zero-order chi connectivity index (χ0) is 14.8. The Morgan fingerprint density at radius 3 is 1.58 bits per heavy atom. The molecule has 2 nitrogen and oxygen atoms in total. The van der Waals surface area contributed by atoms with Crippen LogP contribution in [0.1, 0.15) is 75.2 Å². The van der Waals surface area contributed by atoms with Crippen molar-refractivity contribution in [3.8, 4) is 0 Å². The molecule has 0 unspecified atom stereocenters. The van der Waals surface area contributed by atoms with Crippen molar-refractivity contribution in [3.63, 3.8) is 0 Å². The van der Waals surface area contributed by atoms with Crippen LogP contribution in [0, 0.1) is 16.7 Å². The Hall–Kier alpha value is 0.444. The molecular weight excluding hydrogens is 313 g/mol. The van der Waals surface area contributed by atoms with Gasteiger partial charge in [-0.05, 0) is 6.42 Å². The van der Waals surface area contributed by atoms with Gasteiger partial charge in [-0.1, -0.05) is 55.4 Å². The number of carbonyl (C=O) groups is 1. The third kappa shape index (κ3) is 4.74. The molecule has 0 radical (unpaired) electrons. The molecule has 0 saturated heterocycles. The summed E-state index contributed by atoms with van der Waals surface area (Å²) in [5.74, 6) is 0.644. The van der Waals surface area contributed by atoms with Gasteiger partial charge in [-0.15, -0.1) is 0 Å². The van der Waals surface area contributed by atoms with Gasteiger partial charge < -0.3 is 4.74 Å². The summed E-state index contributed by atoms with van der Waals surface area (Å²) in [6, 6.07) is 0. The van der Waals surface area contributed by atoms with E-state index in [1.54, 1.807) is 0 Å². The molecule has 0 N–H and O–H groups in total. The third-order valence-corrected chi connectivity index (χ3v) is 4.07. The molecule has 0 aromatic rings. The standard InChI is InChI=1S/C16H31O2.Y/c1-10-12(3)13(17)18-16(11-2,14(4,5)6)15(7,8)9;/h10-11H2,1-9H3;/q-1;+3. The first-order valence-electron chi connectivity index (χ1n) is 6.98. The van der Waals surface area contributed by atoms with Crippen LogP contribution in [-0.2, 0) is 42.2 Å². The maximum atomic E-state index is 12.2. The minimum absolute atomic E-state index is 0. The molecule has 0 spiro atoms. The molecule has 3 heteroatoms. The molecule has 0 rings (SSSR count). The van der Waals surface area contributed by atoms with Gasteiger partial charge >= 0.3 is 32.7 Å². The largest absolute Gasteiger partial charge is 3.00 e. The van der Waals surface area contributed by atoms with Crippen molar-refractivity contribution in [1.29, 1.82) is 0 Å². The third-order valence-electron chi connectivity index (χ3n) is 4.07. The molecule has 0 heterocycles. The summed E-state index contributed by atoms with van der Waals surface area (Å²) in [4.78, 5) is 12.2. The number of rotatable bonds is 4. The van der Waals surface area contributed by atoms with Crippen molar-refractivity contribution in [2.75, 3.05) is 0 Å². The topological polar surface area (TPSA) is 26.3 Å². The van der Waals surface area contributed by atoms with Gasteiger partial charge in [-0.25, -0.2) is 0 Å². The van der Waals surface area contributed by atoms with Crippen LogP contribution in [0.5, 0.6) is 0 Å². The molecule has 108 valence electrons. The van der Waals surface area contributed by atoms with E-state index in [2.05, 4.69) is 48.5 Å². The van der Waals surface area contributed by atoms with Gasteiger partial charge in [-0.3, -0.25) is 10.7 Å². The molecular formula is C16H31O2Y+2. The zero-order valence-electron chi connectivity index (χ0n) is 14.3. The first kappa shape index (κ1) is 21.7. The van der Waals surface area contributed by atoms with E-state index in [1.807, 2.05) is 13.8 Å². The van der Waals surface area contributed by atoms with Gasteiger partial charge in [0.25, 0.3) is 0 Å². The zero-order valence-corrected chi connectivity index (χ0v) is 17.1. The molecule has 0 aromatic carbocycles. The second-order valence-corrected chi connectivity index (χ2v) is 7.20. The molecule has 0 saturated carbocycles. The van der Waals surface area contributed by atoms with E-state index in [0.717, 1.165) is 18.8 Å².